The molecule has 1 aromatic carbocycles. The average molecular weight is 220 g/mol. The van der Waals surface area contributed by atoms with E-state index in [2.05, 4.69) is 4.98 Å². The lowest BCUT2D eigenvalue weighted by Crippen LogP contribution is -2.07. The van der Waals surface area contributed by atoms with Crippen LogP contribution in [0, 0.1) is 6.92 Å². The molecule has 0 spiro atoms. The molecule has 0 unspecified atom stereocenters. The van der Waals surface area contributed by atoms with E-state index in [9.17, 15) is 4.79 Å². The number of aromatic amines is 1. The second kappa shape index (κ2) is 3.91. The highest BCUT2D eigenvalue weighted by Crippen LogP contribution is 2.20. The molecule has 0 saturated heterocycles. The third kappa shape index (κ3) is 2.10. The maximum Gasteiger partial charge on any atom is 0.250 e. The van der Waals surface area contributed by atoms with Crippen LogP contribution in [0.1, 0.15) is 5.56 Å². The van der Waals surface area contributed by atoms with Crippen molar-refractivity contribution in [2.24, 2.45) is 0 Å². The number of rotatable bonds is 1. The van der Waals surface area contributed by atoms with Crippen LogP contribution < -0.4 is 5.56 Å². The van der Waals surface area contributed by atoms with Gasteiger partial charge in [-0.2, -0.15) is 0 Å². The molecule has 1 aromatic heterocycles. The van der Waals surface area contributed by atoms with Crippen LogP contribution in [-0.2, 0) is 0 Å². The predicted octanol–water partition coefficient (Wildman–Crippen LogP) is 3.00. The molecule has 0 saturated carbocycles. The summed E-state index contributed by atoms with van der Waals surface area (Å²) in [6, 6.07) is 9.38. The SMILES string of the molecule is Cc1cc(-c2ccc(Cl)cc2)c[nH]c1=O. The zero-order chi connectivity index (χ0) is 10.8. The van der Waals surface area contributed by atoms with Crippen molar-refractivity contribution in [1.82, 2.24) is 4.98 Å². The summed E-state index contributed by atoms with van der Waals surface area (Å²) in [7, 11) is 0. The van der Waals surface area contributed by atoms with Gasteiger partial charge in [0.2, 0.25) is 0 Å². The fraction of sp³-hybridized carbons (Fsp3) is 0.0833. The normalized spacial score (nSPS) is 10.3. The van der Waals surface area contributed by atoms with Crippen molar-refractivity contribution in [3.63, 3.8) is 0 Å². The minimum atomic E-state index is -0.0484. The topological polar surface area (TPSA) is 32.9 Å². The molecule has 1 heterocycles. The maximum atomic E-state index is 11.2. The van der Waals surface area contributed by atoms with Gasteiger partial charge in [0.05, 0.1) is 0 Å². The molecule has 0 bridgehead atoms. The molecule has 2 nitrogen and oxygen atoms in total. The summed E-state index contributed by atoms with van der Waals surface area (Å²) in [5, 5.41) is 0.708. The lowest BCUT2D eigenvalue weighted by molar-refractivity contribution is 1.18. The number of aromatic nitrogens is 1. The van der Waals surface area contributed by atoms with Crippen LogP contribution in [0.25, 0.3) is 11.1 Å². The molecular formula is C12H10ClNO. The Labute approximate surface area is 92.5 Å². The summed E-state index contributed by atoms with van der Waals surface area (Å²) in [4.78, 5) is 13.9. The Morgan fingerprint density at radius 3 is 2.40 bits per heavy atom. The largest absolute Gasteiger partial charge is 0.328 e. The third-order valence-corrected chi connectivity index (χ3v) is 2.52. The summed E-state index contributed by atoms with van der Waals surface area (Å²) in [6.45, 7) is 1.79. The number of hydrogen-bond donors (Lipinski definition) is 1. The highest BCUT2D eigenvalue weighted by Gasteiger charge is 1.99. The van der Waals surface area contributed by atoms with Crippen molar-refractivity contribution in [3.8, 4) is 11.1 Å². The molecule has 1 N–H and O–H groups in total. The number of hydrogen-bond acceptors (Lipinski definition) is 1. The van der Waals surface area contributed by atoms with Crippen molar-refractivity contribution in [2.45, 2.75) is 6.92 Å². The minimum absolute atomic E-state index is 0.0484. The van der Waals surface area contributed by atoms with Crippen LogP contribution in [0.2, 0.25) is 5.02 Å². The number of H-pyrrole nitrogens is 1. The first-order valence-electron chi connectivity index (χ1n) is 4.62. The van der Waals surface area contributed by atoms with E-state index in [1.165, 1.54) is 0 Å². The molecule has 0 aliphatic rings. The lowest BCUT2D eigenvalue weighted by atomic mass is 10.1. The van der Waals surface area contributed by atoms with Crippen molar-refractivity contribution < 1.29 is 0 Å². The third-order valence-electron chi connectivity index (χ3n) is 2.27. The van der Waals surface area contributed by atoms with Crippen molar-refractivity contribution in [3.05, 3.63) is 57.5 Å². The predicted molar refractivity (Wildman–Crippen MR) is 62.2 cm³/mol. The van der Waals surface area contributed by atoms with E-state index >= 15 is 0 Å². The standard InChI is InChI=1S/C12H10ClNO/c1-8-6-10(7-14-12(8)15)9-2-4-11(13)5-3-9/h2-7H,1H3,(H,14,15). The molecular weight excluding hydrogens is 210 g/mol. The van der Waals surface area contributed by atoms with E-state index < -0.39 is 0 Å². The Kier molecular flexibility index (Phi) is 2.60. The van der Waals surface area contributed by atoms with E-state index in [0.717, 1.165) is 11.1 Å². The van der Waals surface area contributed by atoms with Gasteiger partial charge >= 0.3 is 0 Å². The van der Waals surface area contributed by atoms with Crippen LogP contribution in [0.4, 0.5) is 0 Å². The van der Waals surface area contributed by atoms with E-state index in [1.807, 2.05) is 30.3 Å². The van der Waals surface area contributed by atoms with Gasteiger partial charge in [0, 0.05) is 16.8 Å². The molecule has 3 heteroatoms. The number of halogens is 1. The van der Waals surface area contributed by atoms with E-state index in [-0.39, 0.29) is 5.56 Å². The van der Waals surface area contributed by atoms with Gasteiger partial charge in [-0.25, -0.2) is 0 Å². The Morgan fingerprint density at radius 1 is 1.13 bits per heavy atom. The molecule has 0 fully saturated rings. The summed E-state index contributed by atoms with van der Waals surface area (Å²) in [5.74, 6) is 0. The highest BCUT2D eigenvalue weighted by molar-refractivity contribution is 6.30. The first-order valence-corrected chi connectivity index (χ1v) is 5.00. The molecule has 0 amide bonds. The second-order valence-electron chi connectivity index (χ2n) is 3.41. The number of pyridine rings is 1. The molecule has 2 aromatic rings. The van der Waals surface area contributed by atoms with Crippen LogP contribution in [-0.4, -0.2) is 4.98 Å². The highest BCUT2D eigenvalue weighted by atomic mass is 35.5. The number of nitrogens with one attached hydrogen (secondary N) is 1. The lowest BCUT2D eigenvalue weighted by Gasteiger charge is -2.02. The van der Waals surface area contributed by atoms with Gasteiger partial charge in [0.1, 0.15) is 0 Å². The van der Waals surface area contributed by atoms with E-state index in [0.29, 0.717) is 10.6 Å². The monoisotopic (exact) mass is 219 g/mol. The average Bonchev–Trinajstić information content (AvgIpc) is 2.23. The van der Waals surface area contributed by atoms with Crippen LogP contribution >= 0.6 is 11.6 Å². The first kappa shape index (κ1) is 9.99. The summed E-state index contributed by atoms with van der Waals surface area (Å²) < 4.78 is 0. The summed E-state index contributed by atoms with van der Waals surface area (Å²) in [6.07, 6.45) is 1.71. The molecule has 0 radical (unpaired) electrons. The van der Waals surface area contributed by atoms with Gasteiger partial charge in [-0.05, 0) is 36.2 Å². The van der Waals surface area contributed by atoms with Gasteiger partial charge in [0.15, 0.2) is 0 Å². The van der Waals surface area contributed by atoms with Gasteiger partial charge in [-0.1, -0.05) is 23.7 Å². The van der Waals surface area contributed by atoms with Gasteiger partial charge in [-0.15, -0.1) is 0 Å². The maximum absolute atomic E-state index is 11.2. The summed E-state index contributed by atoms with van der Waals surface area (Å²) >= 11 is 5.80. The van der Waals surface area contributed by atoms with E-state index in [1.54, 1.807) is 13.1 Å². The molecule has 0 atom stereocenters. The van der Waals surface area contributed by atoms with E-state index in [4.69, 9.17) is 11.6 Å². The Balaban J connectivity index is 2.50. The van der Waals surface area contributed by atoms with Crippen molar-refractivity contribution >= 4 is 11.6 Å². The zero-order valence-corrected chi connectivity index (χ0v) is 9.01. The fourth-order valence-corrected chi connectivity index (χ4v) is 1.53. The first-order chi connectivity index (χ1) is 7.16. The van der Waals surface area contributed by atoms with Crippen molar-refractivity contribution in [1.29, 1.82) is 0 Å². The number of benzene rings is 1. The van der Waals surface area contributed by atoms with Crippen LogP contribution in [0.5, 0.6) is 0 Å². The molecule has 0 aliphatic carbocycles. The fourth-order valence-electron chi connectivity index (χ4n) is 1.41. The Hall–Kier alpha value is -1.54. The molecule has 2 rings (SSSR count). The second-order valence-corrected chi connectivity index (χ2v) is 3.84. The smallest absolute Gasteiger partial charge is 0.250 e. The van der Waals surface area contributed by atoms with Gasteiger partial charge < -0.3 is 4.98 Å². The van der Waals surface area contributed by atoms with Crippen molar-refractivity contribution in [2.75, 3.05) is 0 Å². The minimum Gasteiger partial charge on any atom is -0.328 e. The zero-order valence-electron chi connectivity index (χ0n) is 8.25. The Bertz CT molecular complexity index is 528. The number of aryl methyl sites for hydroxylation is 1. The summed E-state index contributed by atoms with van der Waals surface area (Å²) in [5.41, 5.74) is 2.69. The van der Waals surface area contributed by atoms with Crippen LogP contribution in [0.15, 0.2) is 41.3 Å². The Morgan fingerprint density at radius 2 is 1.80 bits per heavy atom. The molecule has 15 heavy (non-hydrogen) atoms. The van der Waals surface area contributed by atoms with Gasteiger partial charge in [-0.3, -0.25) is 4.79 Å². The quantitative estimate of drug-likeness (QED) is 0.786. The molecule has 76 valence electrons. The van der Waals surface area contributed by atoms with Crippen LogP contribution in [0.3, 0.4) is 0 Å². The van der Waals surface area contributed by atoms with Gasteiger partial charge in [0.25, 0.3) is 5.56 Å². The molecule has 0 aliphatic heterocycles.